The minimum atomic E-state index is 0.117. The van der Waals surface area contributed by atoms with Crippen molar-refractivity contribution in [2.45, 2.75) is 64.5 Å². The number of carbonyl (C=O) groups is 1. The highest BCUT2D eigenvalue weighted by Gasteiger charge is 2.22. The Bertz CT molecular complexity index is 741. The highest BCUT2D eigenvalue weighted by Crippen LogP contribution is 2.30. The number of piperidine rings is 1. The molecule has 1 aliphatic carbocycles. The molecule has 3 rings (SSSR count). The Labute approximate surface area is 180 Å². The molecule has 1 fully saturated rings. The van der Waals surface area contributed by atoms with Crippen molar-refractivity contribution in [2.75, 3.05) is 33.2 Å². The number of nitrogens with one attached hydrogen (secondary N) is 3. The minimum Gasteiger partial charge on any atom is -0.508 e. The molecule has 1 aromatic rings. The number of amides is 1. The predicted octanol–water partition coefficient (Wildman–Crippen LogP) is 1.93. The molecule has 0 saturated carbocycles. The number of rotatable bonds is 7. The van der Waals surface area contributed by atoms with Crippen molar-refractivity contribution in [1.29, 1.82) is 0 Å². The summed E-state index contributed by atoms with van der Waals surface area (Å²) < 4.78 is 0. The van der Waals surface area contributed by atoms with Crippen LogP contribution in [0.3, 0.4) is 0 Å². The van der Waals surface area contributed by atoms with Crippen LogP contribution in [0.2, 0.25) is 0 Å². The van der Waals surface area contributed by atoms with Gasteiger partial charge in [-0.25, -0.2) is 0 Å². The van der Waals surface area contributed by atoms with Gasteiger partial charge < -0.3 is 21.1 Å². The summed E-state index contributed by atoms with van der Waals surface area (Å²) in [5, 5.41) is 20.2. The second-order valence-electron chi connectivity index (χ2n) is 8.38. The largest absolute Gasteiger partial charge is 0.508 e. The van der Waals surface area contributed by atoms with Gasteiger partial charge in [0.2, 0.25) is 5.91 Å². The van der Waals surface area contributed by atoms with E-state index in [2.05, 4.69) is 38.8 Å². The Morgan fingerprint density at radius 2 is 1.97 bits per heavy atom. The molecule has 1 aliphatic heterocycles. The van der Waals surface area contributed by atoms with Crippen LogP contribution in [-0.2, 0) is 24.2 Å². The third-order valence-electron chi connectivity index (χ3n) is 6.15. The Balaban J connectivity index is 1.47. The SMILES string of the molecule is CCCNC(=O)CN1CCC(NC(=NC)NCc2c(O)ccc3c2CCCC3)CC1. The van der Waals surface area contributed by atoms with Gasteiger partial charge in [0.05, 0.1) is 6.54 Å². The van der Waals surface area contributed by atoms with Gasteiger partial charge in [0.25, 0.3) is 0 Å². The van der Waals surface area contributed by atoms with Crippen LogP contribution in [0, 0.1) is 0 Å². The van der Waals surface area contributed by atoms with Crippen molar-refractivity contribution in [3.63, 3.8) is 0 Å². The number of aromatic hydroxyl groups is 1. The van der Waals surface area contributed by atoms with Crippen molar-refractivity contribution in [3.05, 3.63) is 28.8 Å². The number of hydrogen-bond donors (Lipinski definition) is 4. The number of nitrogens with zero attached hydrogens (tertiary/aromatic N) is 2. The molecule has 0 unspecified atom stereocenters. The topological polar surface area (TPSA) is 89.0 Å². The number of benzene rings is 1. The fourth-order valence-corrected chi connectivity index (χ4v) is 4.41. The summed E-state index contributed by atoms with van der Waals surface area (Å²) in [6.07, 6.45) is 7.48. The molecule has 0 spiro atoms. The van der Waals surface area contributed by atoms with Crippen LogP contribution in [0.1, 0.15) is 55.7 Å². The first kappa shape index (κ1) is 22.4. The fourth-order valence-electron chi connectivity index (χ4n) is 4.41. The lowest BCUT2D eigenvalue weighted by Crippen LogP contribution is -2.50. The Morgan fingerprint density at radius 1 is 1.20 bits per heavy atom. The molecule has 30 heavy (non-hydrogen) atoms. The van der Waals surface area contributed by atoms with Crippen LogP contribution in [0.25, 0.3) is 0 Å². The molecule has 0 radical (unpaired) electrons. The second-order valence-corrected chi connectivity index (χ2v) is 8.38. The summed E-state index contributed by atoms with van der Waals surface area (Å²) in [5.41, 5.74) is 3.68. The summed E-state index contributed by atoms with van der Waals surface area (Å²) in [6.45, 7) is 5.68. The molecule has 2 aliphatic rings. The average Bonchev–Trinajstić information content (AvgIpc) is 2.77. The number of aliphatic imine (C=N–C) groups is 1. The maximum Gasteiger partial charge on any atom is 0.234 e. The van der Waals surface area contributed by atoms with Crippen molar-refractivity contribution in [2.24, 2.45) is 4.99 Å². The molecular weight excluding hydrogens is 378 g/mol. The molecule has 7 heteroatoms. The lowest BCUT2D eigenvalue weighted by Gasteiger charge is -2.32. The number of guanidine groups is 1. The summed E-state index contributed by atoms with van der Waals surface area (Å²) in [7, 11) is 1.78. The molecular formula is C23H37N5O2. The number of aryl methyl sites for hydroxylation is 1. The zero-order valence-electron chi connectivity index (χ0n) is 18.5. The van der Waals surface area contributed by atoms with Gasteiger partial charge in [-0.3, -0.25) is 14.7 Å². The third kappa shape index (κ3) is 6.11. The van der Waals surface area contributed by atoms with Crippen LogP contribution in [-0.4, -0.2) is 61.1 Å². The molecule has 0 bridgehead atoms. The molecule has 0 atom stereocenters. The lowest BCUT2D eigenvalue weighted by atomic mass is 9.88. The maximum absolute atomic E-state index is 11.9. The van der Waals surface area contributed by atoms with Gasteiger partial charge in [0.1, 0.15) is 5.75 Å². The normalized spacial score (nSPS) is 18.0. The first-order valence-corrected chi connectivity index (χ1v) is 11.4. The zero-order chi connectivity index (χ0) is 21.3. The summed E-state index contributed by atoms with van der Waals surface area (Å²) in [6, 6.07) is 4.23. The summed E-state index contributed by atoms with van der Waals surface area (Å²) in [4.78, 5) is 18.5. The first-order chi connectivity index (χ1) is 14.6. The Kier molecular flexibility index (Phi) is 8.37. The molecule has 4 N–H and O–H groups in total. The third-order valence-corrected chi connectivity index (χ3v) is 6.15. The van der Waals surface area contributed by atoms with E-state index in [1.54, 1.807) is 7.05 Å². The molecule has 0 aromatic heterocycles. The van der Waals surface area contributed by atoms with Gasteiger partial charge >= 0.3 is 0 Å². The van der Waals surface area contributed by atoms with Gasteiger partial charge in [0, 0.05) is 44.8 Å². The van der Waals surface area contributed by atoms with E-state index in [-0.39, 0.29) is 5.91 Å². The van der Waals surface area contributed by atoms with E-state index in [9.17, 15) is 9.90 Å². The Morgan fingerprint density at radius 3 is 2.70 bits per heavy atom. The van der Waals surface area contributed by atoms with E-state index < -0.39 is 0 Å². The van der Waals surface area contributed by atoms with Gasteiger partial charge in [-0.1, -0.05) is 13.0 Å². The van der Waals surface area contributed by atoms with E-state index in [1.807, 2.05) is 6.07 Å². The number of phenols is 1. The van der Waals surface area contributed by atoms with Crippen LogP contribution in [0.4, 0.5) is 0 Å². The smallest absolute Gasteiger partial charge is 0.234 e. The maximum atomic E-state index is 11.9. The van der Waals surface area contributed by atoms with Crippen molar-refractivity contribution >= 4 is 11.9 Å². The molecule has 1 heterocycles. The second kappa shape index (κ2) is 11.2. The van der Waals surface area contributed by atoms with E-state index >= 15 is 0 Å². The number of carbonyl (C=O) groups excluding carboxylic acids is 1. The van der Waals surface area contributed by atoms with Crippen molar-refractivity contribution in [1.82, 2.24) is 20.9 Å². The highest BCUT2D eigenvalue weighted by atomic mass is 16.3. The van der Waals surface area contributed by atoms with Crippen LogP contribution >= 0.6 is 0 Å². The van der Waals surface area contributed by atoms with Crippen LogP contribution < -0.4 is 16.0 Å². The average molecular weight is 416 g/mol. The van der Waals surface area contributed by atoms with Crippen molar-refractivity contribution in [3.8, 4) is 5.75 Å². The van der Waals surface area contributed by atoms with Crippen LogP contribution in [0.5, 0.6) is 5.75 Å². The predicted molar refractivity (Wildman–Crippen MR) is 121 cm³/mol. The van der Waals surface area contributed by atoms with Gasteiger partial charge in [-0.05, 0) is 62.1 Å². The van der Waals surface area contributed by atoms with E-state index in [4.69, 9.17) is 0 Å². The highest BCUT2D eigenvalue weighted by molar-refractivity contribution is 5.80. The van der Waals surface area contributed by atoms with Crippen molar-refractivity contribution < 1.29 is 9.90 Å². The summed E-state index contributed by atoms with van der Waals surface area (Å²) in [5.74, 6) is 1.25. The lowest BCUT2D eigenvalue weighted by molar-refractivity contribution is -0.122. The molecule has 1 saturated heterocycles. The van der Waals surface area contributed by atoms with E-state index in [0.717, 1.165) is 63.3 Å². The van der Waals surface area contributed by atoms with Crippen LogP contribution in [0.15, 0.2) is 17.1 Å². The first-order valence-electron chi connectivity index (χ1n) is 11.4. The molecule has 7 nitrogen and oxygen atoms in total. The molecule has 1 amide bonds. The summed E-state index contributed by atoms with van der Waals surface area (Å²) >= 11 is 0. The molecule has 1 aromatic carbocycles. The van der Waals surface area contributed by atoms with Gasteiger partial charge in [0.15, 0.2) is 5.96 Å². The Hall–Kier alpha value is -2.28. The number of hydrogen-bond acceptors (Lipinski definition) is 4. The standard InChI is InChI=1S/C23H37N5O2/c1-3-12-25-22(30)16-28-13-10-18(11-14-28)27-23(24-2)26-15-20-19-7-5-4-6-17(19)8-9-21(20)29/h8-9,18,29H,3-7,10-16H2,1-2H3,(H,25,30)(H2,24,26,27). The zero-order valence-corrected chi connectivity index (χ0v) is 18.5. The number of fused-ring (bicyclic) bond motifs is 1. The van der Waals surface area contributed by atoms with Gasteiger partial charge in [-0.2, -0.15) is 0 Å². The minimum absolute atomic E-state index is 0.117. The fraction of sp³-hybridized carbons (Fsp3) is 0.652. The monoisotopic (exact) mass is 415 g/mol. The number of likely N-dealkylation sites (tertiary alicyclic amines) is 1. The quantitative estimate of drug-likeness (QED) is 0.404. The van der Waals surface area contributed by atoms with E-state index in [0.29, 0.717) is 24.9 Å². The number of phenolic OH excluding ortho intramolecular Hbond substituents is 1. The molecule has 166 valence electrons. The van der Waals surface area contributed by atoms with E-state index in [1.165, 1.54) is 24.0 Å². The van der Waals surface area contributed by atoms with Gasteiger partial charge in [-0.15, -0.1) is 0 Å².